The number of amides is 1. The zero-order valence-electron chi connectivity index (χ0n) is 10.8. The van der Waals surface area contributed by atoms with E-state index in [-0.39, 0.29) is 5.92 Å². The van der Waals surface area contributed by atoms with Crippen LogP contribution >= 0.6 is 0 Å². The number of hydrogen-bond donors (Lipinski definition) is 1. The van der Waals surface area contributed by atoms with Crippen molar-refractivity contribution >= 4 is 5.91 Å². The Morgan fingerprint density at radius 1 is 1.35 bits per heavy atom. The summed E-state index contributed by atoms with van der Waals surface area (Å²) in [4.78, 5) is 14.3. The number of piperidine rings is 1. The third-order valence-electron chi connectivity index (χ3n) is 3.81. The second-order valence-electron chi connectivity index (χ2n) is 5.07. The summed E-state index contributed by atoms with van der Waals surface area (Å²) in [6.45, 7) is 6.43. The van der Waals surface area contributed by atoms with Gasteiger partial charge in [-0.1, -0.05) is 6.92 Å². The van der Waals surface area contributed by atoms with Gasteiger partial charge in [0.1, 0.15) is 0 Å². The summed E-state index contributed by atoms with van der Waals surface area (Å²) in [7, 11) is 0. The second kappa shape index (κ2) is 6.36. The molecule has 0 bridgehead atoms. The smallest absolute Gasteiger partial charge is 0.228 e. The minimum absolute atomic E-state index is 0.124. The predicted octanol–water partition coefficient (Wildman–Crippen LogP) is 1.01. The largest absolute Gasteiger partial charge is 0.381 e. The Kier molecular flexibility index (Phi) is 4.80. The first-order chi connectivity index (χ1) is 8.31. The summed E-state index contributed by atoms with van der Waals surface area (Å²) in [6, 6.07) is 0.603. The van der Waals surface area contributed by atoms with E-state index in [1.807, 2.05) is 4.90 Å². The SMILES string of the molecule is CCNC1CCN(C(=O)C2CCCOC2)CC1. The highest BCUT2D eigenvalue weighted by molar-refractivity contribution is 5.79. The van der Waals surface area contributed by atoms with E-state index in [0.29, 0.717) is 18.6 Å². The van der Waals surface area contributed by atoms with Crippen molar-refractivity contribution in [3.8, 4) is 0 Å². The summed E-state index contributed by atoms with van der Waals surface area (Å²) in [5.41, 5.74) is 0. The van der Waals surface area contributed by atoms with E-state index in [4.69, 9.17) is 4.74 Å². The van der Waals surface area contributed by atoms with Gasteiger partial charge in [-0.2, -0.15) is 0 Å². The van der Waals surface area contributed by atoms with Gasteiger partial charge in [0.15, 0.2) is 0 Å². The summed E-state index contributed by atoms with van der Waals surface area (Å²) in [6.07, 6.45) is 4.22. The fourth-order valence-corrected chi connectivity index (χ4v) is 2.79. The van der Waals surface area contributed by atoms with E-state index in [9.17, 15) is 4.79 Å². The van der Waals surface area contributed by atoms with Gasteiger partial charge >= 0.3 is 0 Å². The maximum absolute atomic E-state index is 12.2. The standard InChI is InChI=1S/C13H24N2O2/c1-2-14-12-5-7-15(8-6-12)13(16)11-4-3-9-17-10-11/h11-12,14H,2-10H2,1H3. The molecule has 2 heterocycles. The summed E-state index contributed by atoms with van der Waals surface area (Å²) in [5.74, 6) is 0.444. The van der Waals surface area contributed by atoms with Gasteiger partial charge in [0.25, 0.3) is 0 Å². The van der Waals surface area contributed by atoms with Crippen LogP contribution in [0.5, 0.6) is 0 Å². The first kappa shape index (κ1) is 12.8. The molecule has 2 aliphatic rings. The summed E-state index contributed by atoms with van der Waals surface area (Å²) < 4.78 is 5.39. The van der Waals surface area contributed by atoms with Crippen LogP contribution in [0.3, 0.4) is 0 Å². The van der Waals surface area contributed by atoms with E-state index in [1.54, 1.807) is 0 Å². The van der Waals surface area contributed by atoms with Crippen LogP contribution in [0.4, 0.5) is 0 Å². The molecular weight excluding hydrogens is 216 g/mol. The lowest BCUT2D eigenvalue weighted by Gasteiger charge is -2.35. The average Bonchev–Trinajstić information content (AvgIpc) is 2.40. The molecule has 1 unspecified atom stereocenters. The molecule has 2 rings (SSSR count). The van der Waals surface area contributed by atoms with Crippen molar-refractivity contribution in [2.75, 3.05) is 32.8 Å². The topological polar surface area (TPSA) is 41.6 Å². The molecule has 1 N–H and O–H groups in total. The van der Waals surface area contributed by atoms with E-state index in [0.717, 1.165) is 51.9 Å². The number of nitrogens with one attached hydrogen (secondary N) is 1. The van der Waals surface area contributed by atoms with Crippen LogP contribution in [0.2, 0.25) is 0 Å². The zero-order valence-corrected chi connectivity index (χ0v) is 10.8. The Hall–Kier alpha value is -0.610. The van der Waals surface area contributed by atoms with Crippen LogP contribution in [-0.2, 0) is 9.53 Å². The Labute approximate surface area is 104 Å². The highest BCUT2D eigenvalue weighted by atomic mass is 16.5. The second-order valence-corrected chi connectivity index (χ2v) is 5.07. The quantitative estimate of drug-likeness (QED) is 0.800. The molecule has 1 atom stereocenters. The summed E-state index contributed by atoms with van der Waals surface area (Å²) in [5, 5.41) is 3.46. The molecular formula is C13H24N2O2. The van der Waals surface area contributed by atoms with Crippen molar-refractivity contribution < 1.29 is 9.53 Å². The molecule has 17 heavy (non-hydrogen) atoms. The minimum atomic E-state index is 0.124. The Morgan fingerprint density at radius 2 is 2.12 bits per heavy atom. The molecule has 0 saturated carbocycles. The number of hydrogen-bond acceptors (Lipinski definition) is 3. The van der Waals surface area contributed by atoms with Crippen LogP contribution in [0.1, 0.15) is 32.6 Å². The molecule has 0 radical (unpaired) electrons. The van der Waals surface area contributed by atoms with Gasteiger partial charge in [0.2, 0.25) is 5.91 Å². The molecule has 0 spiro atoms. The maximum Gasteiger partial charge on any atom is 0.228 e. The molecule has 0 aliphatic carbocycles. The van der Waals surface area contributed by atoms with Gasteiger partial charge in [-0.3, -0.25) is 4.79 Å². The van der Waals surface area contributed by atoms with Gasteiger partial charge in [0.05, 0.1) is 12.5 Å². The zero-order chi connectivity index (χ0) is 12.1. The number of carbonyl (C=O) groups is 1. The fourth-order valence-electron chi connectivity index (χ4n) is 2.79. The molecule has 0 aromatic rings. The predicted molar refractivity (Wildman–Crippen MR) is 66.8 cm³/mol. The lowest BCUT2D eigenvalue weighted by molar-refractivity contribution is -0.140. The lowest BCUT2D eigenvalue weighted by Crippen LogP contribution is -2.47. The Bertz CT molecular complexity index is 244. The molecule has 1 amide bonds. The van der Waals surface area contributed by atoms with Gasteiger partial charge in [-0.25, -0.2) is 0 Å². The molecule has 2 aliphatic heterocycles. The van der Waals surface area contributed by atoms with Gasteiger partial charge in [0, 0.05) is 25.7 Å². The molecule has 2 fully saturated rings. The molecule has 0 aromatic heterocycles. The normalized spacial score (nSPS) is 27.1. The van der Waals surface area contributed by atoms with Crippen molar-refractivity contribution in [1.82, 2.24) is 10.2 Å². The molecule has 2 saturated heterocycles. The minimum Gasteiger partial charge on any atom is -0.381 e. The first-order valence-electron chi connectivity index (χ1n) is 6.91. The number of rotatable bonds is 3. The third-order valence-corrected chi connectivity index (χ3v) is 3.81. The van der Waals surface area contributed by atoms with Crippen LogP contribution < -0.4 is 5.32 Å². The van der Waals surface area contributed by atoms with E-state index in [1.165, 1.54) is 0 Å². The average molecular weight is 240 g/mol. The van der Waals surface area contributed by atoms with E-state index < -0.39 is 0 Å². The van der Waals surface area contributed by atoms with Crippen LogP contribution in [0, 0.1) is 5.92 Å². The summed E-state index contributed by atoms with van der Waals surface area (Å²) >= 11 is 0. The number of nitrogens with zero attached hydrogens (tertiary/aromatic N) is 1. The molecule has 98 valence electrons. The number of likely N-dealkylation sites (tertiary alicyclic amines) is 1. The molecule has 4 nitrogen and oxygen atoms in total. The van der Waals surface area contributed by atoms with Gasteiger partial charge in [-0.15, -0.1) is 0 Å². The molecule has 4 heteroatoms. The lowest BCUT2D eigenvalue weighted by atomic mass is 9.98. The van der Waals surface area contributed by atoms with E-state index >= 15 is 0 Å². The van der Waals surface area contributed by atoms with Crippen molar-refractivity contribution in [1.29, 1.82) is 0 Å². The number of ether oxygens (including phenoxy) is 1. The van der Waals surface area contributed by atoms with Crippen LogP contribution in [-0.4, -0.2) is 49.7 Å². The monoisotopic (exact) mass is 240 g/mol. The van der Waals surface area contributed by atoms with Crippen LogP contribution in [0.15, 0.2) is 0 Å². The fraction of sp³-hybridized carbons (Fsp3) is 0.923. The highest BCUT2D eigenvalue weighted by Crippen LogP contribution is 2.19. The van der Waals surface area contributed by atoms with Crippen molar-refractivity contribution in [2.45, 2.75) is 38.6 Å². The maximum atomic E-state index is 12.2. The highest BCUT2D eigenvalue weighted by Gasteiger charge is 2.29. The van der Waals surface area contributed by atoms with Crippen molar-refractivity contribution in [2.24, 2.45) is 5.92 Å². The number of carbonyl (C=O) groups excluding carboxylic acids is 1. The Balaban J connectivity index is 1.77. The van der Waals surface area contributed by atoms with E-state index in [2.05, 4.69) is 12.2 Å². The third kappa shape index (κ3) is 3.42. The van der Waals surface area contributed by atoms with Crippen molar-refractivity contribution in [3.63, 3.8) is 0 Å². The van der Waals surface area contributed by atoms with Crippen LogP contribution in [0.25, 0.3) is 0 Å². The van der Waals surface area contributed by atoms with Crippen molar-refractivity contribution in [3.05, 3.63) is 0 Å². The van der Waals surface area contributed by atoms with Gasteiger partial charge in [-0.05, 0) is 32.2 Å². The van der Waals surface area contributed by atoms with Gasteiger partial charge < -0.3 is 15.0 Å². The Morgan fingerprint density at radius 3 is 2.71 bits per heavy atom. The first-order valence-corrected chi connectivity index (χ1v) is 6.91. The molecule has 0 aromatic carbocycles.